The van der Waals surface area contributed by atoms with E-state index in [4.69, 9.17) is 10.7 Å². The second kappa shape index (κ2) is 4.67. The smallest absolute Gasteiger partial charge is 0.275 e. The summed E-state index contributed by atoms with van der Waals surface area (Å²) in [6.07, 6.45) is 1.43. The van der Waals surface area contributed by atoms with Crippen molar-refractivity contribution >= 4 is 42.1 Å². The van der Waals surface area contributed by atoms with Crippen molar-refractivity contribution in [2.75, 3.05) is 5.32 Å². The van der Waals surface area contributed by atoms with Gasteiger partial charge in [-0.05, 0) is 13.0 Å². The Morgan fingerprint density at radius 1 is 1.56 bits per heavy atom. The van der Waals surface area contributed by atoms with Crippen LogP contribution in [0.15, 0.2) is 16.5 Å². The molecule has 0 aliphatic rings. The van der Waals surface area contributed by atoms with Crippen molar-refractivity contribution in [2.24, 2.45) is 0 Å². The van der Waals surface area contributed by atoms with Crippen molar-refractivity contribution in [1.82, 2.24) is 15.2 Å². The summed E-state index contributed by atoms with van der Waals surface area (Å²) in [5.41, 5.74) is 0.494. The van der Waals surface area contributed by atoms with Gasteiger partial charge in [0.1, 0.15) is 5.69 Å². The lowest BCUT2D eigenvalue weighted by molar-refractivity contribution is 0.102. The molecule has 0 bridgehead atoms. The Balaban J connectivity index is 2.24. The lowest BCUT2D eigenvalue weighted by Crippen LogP contribution is -2.12. The second-order valence-electron chi connectivity index (χ2n) is 3.25. The molecule has 2 N–H and O–H groups in total. The number of amides is 1. The summed E-state index contributed by atoms with van der Waals surface area (Å²) in [7, 11) is 1.38. The molecule has 0 saturated heterocycles. The van der Waals surface area contributed by atoms with E-state index in [1.807, 2.05) is 0 Å². The third-order valence-corrected chi connectivity index (χ3v) is 5.19. The van der Waals surface area contributed by atoms with Gasteiger partial charge >= 0.3 is 0 Å². The van der Waals surface area contributed by atoms with Crippen molar-refractivity contribution in [1.29, 1.82) is 0 Å². The number of hydrogen-bond donors (Lipinski definition) is 2. The van der Waals surface area contributed by atoms with E-state index in [1.165, 1.54) is 19.2 Å². The number of halogens is 1. The highest BCUT2D eigenvalue weighted by Crippen LogP contribution is 2.29. The van der Waals surface area contributed by atoms with Crippen LogP contribution in [0.3, 0.4) is 0 Å². The van der Waals surface area contributed by atoms with Crippen molar-refractivity contribution in [3.63, 3.8) is 0 Å². The van der Waals surface area contributed by atoms with Crippen LogP contribution in [0.25, 0.3) is 0 Å². The number of hydrogen-bond acceptors (Lipinski definition) is 6. The minimum atomic E-state index is -3.85. The second-order valence-corrected chi connectivity index (χ2v) is 7.01. The molecule has 2 rings (SSSR count). The van der Waals surface area contributed by atoms with Gasteiger partial charge in [-0.1, -0.05) is 11.3 Å². The average molecular weight is 307 g/mol. The fourth-order valence-corrected chi connectivity index (χ4v) is 3.56. The van der Waals surface area contributed by atoms with Crippen LogP contribution in [0.1, 0.15) is 16.2 Å². The summed E-state index contributed by atoms with van der Waals surface area (Å²) in [6.45, 7) is 1.50. The fraction of sp³-hybridized carbons (Fsp3) is 0.125. The van der Waals surface area contributed by atoms with Gasteiger partial charge in [0.25, 0.3) is 15.0 Å². The van der Waals surface area contributed by atoms with Crippen LogP contribution in [-0.2, 0) is 9.05 Å². The highest BCUT2D eigenvalue weighted by atomic mass is 35.7. The van der Waals surface area contributed by atoms with Gasteiger partial charge in [0.2, 0.25) is 0 Å². The van der Waals surface area contributed by atoms with E-state index < -0.39 is 15.0 Å². The third-order valence-electron chi connectivity index (χ3n) is 1.94. The summed E-state index contributed by atoms with van der Waals surface area (Å²) in [6, 6.07) is 1.48. The molecule has 0 aromatic carbocycles. The number of thiazole rings is 1. The van der Waals surface area contributed by atoms with Crippen LogP contribution < -0.4 is 5.32 Å². The third kappa shape index (κ3) is 2.68. The van der Waals surface area contributed by atoms with E-state index >= 15 is 0 Å². The van der Waals surface area contributed by atoms with Gasteiger partial charge in [0.05, 0.1) is 5.69 Å². The SMILES string of the molecule is Cc1nc(NC(=O)c2ccn[nH]2)sc1S(=O)(=O)Cl. The van der Waals surface area contributed by atoms with Crippen molar-refractivity contribution in [3.8, 4) is 0 Å². The predicted octanol–water partition coefficient (Wildman–Crippen LogP) is 1.35. The maximum Gasteiger partial charge on any atom is 0.275 e. The van der Waals surface area contributed by atoms with Crippen LogP contribution >= 0.6 is 22.0 Å². The molecule has 0 aliphatic carbocycles. The van der Waals surface area contributed by atoms with E-state index in [1.54, 1.807) is 0 Å². The maximum atomic E-state index is 11.6. The quantitative estimate of drug-likeness (QED) is 0.833. The molecule has 0 radical (unpaired) electrons. The number of carbonyl (C=O) groups excluding carboxylic acids is 1. The molecule has 0 spiro atoms. The van der Waals surface area contributed by atoms with Gasteiger partial charge in [0, 0.05) is 16.9 Å². The normalized spacial score (nSPS) is 11.4. The molecule has 1 amide bonds. The zero-order valence-electron chi connectivity index (χ0n) is 8.97. The largest absolute Gasteiger partial charge is 0.296 e. The first-order chi connectivity index (χ1) is 8.38. The zero-order valence-corrected chi connectivity index (χ0v) is 11.4. The Morgan fingerprint density at radius 2 is 2.28 bits per heavy atom. The number of anilines is 1. The molecule has 96 valence electrons. The standard InChI is InChI=1S/C8H7ClN4O3S2/c1-4-7(18(9,15)16)17-8(11-4)12-6(14)5-2-3-10-13-5/h2-3H,1H3,(H,10,13)(H,11,12,14). The number of nitrogens with one attached hydrogen (secondary N) is 2. The first-order valence-corrected chi connectivity index (χ1v) is 7.73. The van der Waals surface area contributed by atoms with Crippen molar-refractivity contribution in [3.05, 3.63) is 23.7 Å². The van der Waals surface area contributed by atoms with E-state index in [0.717, 1.165) is 11.3 Å². The van der Waals surface area contributed by atoms with Gasteiger partial charge < -0.3 is 0 Å². The molecule has 7 nitrogen and oxygen atoms in total. The number of nitrogens with zero attached hydrogens (tertiary/aromatic N) is 2. The summed E-state index contributed by atoms with van der Waals surface area (Å²) in [5.74, 6) is -0.459. The molecule has 18 heavy (non-hydrogen) atoms. The summed E-state index contributed by atoms with van der Waals surface area (Å²) in [4.78, 5) is 15.6. The topological polar surface area (TPSA) is 105 Å². The van der Waals surface area contributed by atoms with E-state index in [2.05, 4.69) is 20.5 Å². The molecule has 0 fully saturated rings. The lowest BCUT2D eigenvalue weighted by Gasteiger charge is -1.96. The number of carbonyl (C=O) groups is 1. The molecule has 2 aromatic rings. The number of aromatic amines is 1. The van der Waals surface area contributed by atoms with Gasteiger partial charge in [0.15, 0.2) is 9.34 Å². The van der Waals surface area contributed by atoms with Crippen molar-refractivity contribution < 1.29 is 13.2 Å². The number of rotatable bonds is 3. The molecular formula is C8H7ClN4O3S2. The Kier molecular flexibility index (Phi) is 3.37. The molecular weight excluding hydrogens is 300 g/mol. The fourth-order valence-electron chi connectivity index (χ4n) is 1.21. The first kappa shape index (κ1) is 13.0. The van der Waals surface area contributed by atoms with Crippen LogP contribution in [-0.4, -0.2) is 29.5 Å². The molecule has 0 aliphatic heterocycles. The van der Waals surface area contributed by atoms with Crippen LogP contribution in [0, 0.1) is 6.92 Å². The first-order valence-electron chi connectivity index (χ1n) is 4.61. The Hall–Kier alpha value is -1.45. The monoisotopic (exact) mass is 306 g/mol. The molecule has 2 heterocycles. The highest BCUT2D eigenvalue weighted by molar-refractivity contribution is 8.15. The van der Waals surface area contributed by atoms with E-state index in [9.17, 15) is 13.2 Å². The highest BCUT2D eigenvalue weighted by Gasteiger charge is 2.20. The van der Waals surface area contributed by atoms with Crippen LogP contribution in [0.5, 0.6) is 0 Å². The van der Waals surface area contributed by atoms with Gasteiger partial charge in [-0.2, -0.15) is 5.10 Å². The molecule has 0 atom stereocenters. The summed E-state index contributed by atoms with van der Waals surface area (Å²) >= 11 is 0.795. The predicted molar refractivity (Wildman–Crippen MR) is 66.4 cm³/mol. The van der Waals surface area contributed by atoms with Crippen LogP contribution in [0.4, 0.5) is 5.13 Å². The molecule has 0 saturated carbocycles. The molecule has 2 aromatic heterocycles. The molecule has 10 heteroatoms. The number of aromatic nitrogens is 3. The average Bonchev–Trinajstić information content (AvgIpc) is 2.85. The Labute approximate surface area is 111 Å². The Morgan fingerprint density at radius 3 is 2.78 bits per heavy atom. The number of aryl methyl sites for hydroxylation is 1. The lowest BCUT2D eigenvalue weighted by atomic mass is 10.4. The summed E-state index contributed by atoms with van der Waals surface area (Å²) in [5, 5.41) is 8.72. The minimum absolute atomic E-state index is 0.0796. The van der Waals surface area contributed by atoms with Crippen molar-refractivity contribution in [2.45, 2.75) is 11.1 Å². The maximum absolute atomic E-state index is 11.6. The summed E-state index contributed by atoms with van der Waals surface area (Å²) < 4.78 is 22.3. The van der Waals surface area contributed by atoms with E-state index in [0.29, 0.717) is 0 Å². The van der Waals surface area contributed by atoms with Gasteiger partial charge in [-0.15, -0.1) is 0 Å². The zero-order chi connectivity index (χ0) is 13.3. The van der Waals surface area contributed by atoms with Gasteiger partial charge in [-0.3, -0.25) is 15.2 Å². The van der Waals surface area contributed by atoms with Gasteiger partial charge in [-0.25, -0.2) is 13.4 Å². The molecule has 0 unspecified atom stereocenters. The van der Waals surface area contributed by atoms with Crippen LogP contribution in [0.2, 0.25) is 0 Å². The number of H-pyrrole nitrogens is 1. The minimum Gasteiger partial charge on any atom is -0.296 e. The van der Waals surface area contributed by atoms with E-state index in [-0.39, 0.29) is 20.7 Å². The Bertz CT molecular complexity index is 677.